The summed E-state index contributed by atoms with van der Waals surface area (Å²) in [4.78, 5) is 27.5. The topological polar surface area (TPSA) is 73.6 Å². The van der Waals surface area contributed by atoms with E-state index in [2.05, 4.69) is 6.07 Å². The highest BCUT2D eigenvalue weighted by Crippen LogP contribution is 2.16. The minimum atomic E-state index is -0.181. The van der Waals surface area contributed by atoms with Crippen LogP contribution in [0.25, 0.3) is 0 Å². The van der Waals surface area contributed by atoms with Crippen molar-refractivity contribution in [2.24, 2.45) is 0 Å². The van der Waals surface area contributed by atoms with E-state index < -0.39 is 0 Å². The Labute approximate surface area is 159 Å². The van der Waals surface area contributed by atoms with Crippen molar-refractivity contribution in [3.05, 3.63) is 65.2 Å². The van der Waals surface area contributed by atoms with Crippen molar-refractivity contribution in [2.75, 3.05) is 33.8 Å². The SMILES string of the molecule is CN(C)CCN(Cc1cccc(C#N)c1)C(=O)COc1ccccc1C=O. The summed E-state index contributed by atoms with van der Waals surface area (Å²) in [5.74, 6) is 0.208. The zero-order chi connectivity index (χ0) is 19.6. The molecular formula is C21H23N3O3. The third-order valence-corrected chi connectivity index (χ3v) is 4.00. The van der Waals surface area contributed by atoms with Gasteiger partial charge >= 0.3 is 0 Å². The Balaban J connectivity index is 2.08. The van der Waals surface area contributed by atoms with Gasteiger partial charge in [-0.05, 0) is 43.9 Å². The molecule has 0 aliphatic rings. The molecule has 0 saturated heterocycles. The molecule has 0 bridgehead atoms. The molecular weight excluding hydrogens is 342 g/mol. The lowest BCUT2D eigenvalue weighted by Crippen LogP contribution is -2.39. The molecule has 0 aliphatic heterocycles. The van der Waals surface area contributed by atoms with Crippen molar-refractivity contribution in [2.45, 2.75) is 6.54 Å². The van der Waals surface area contributed by atoms with Crippen LogP contribution in [0.3, 0.4) is 0 Å². The molecule has 2 aromatic carbocycles. The molecule has 0 N–H and O–H groups in total. The van der Waals surface area contributed by atoms with Crippen molar-refractivity contribution >= 4 is 12.2 Å². The molecule has 0 spiro atoms. The molecule has 0 saturated carbocycles. The molecule has 27 heavy (non-hydrogen) atoms. The normalized spacial score (nSPS) is 10.3. The largest absolute Gasteiger partial charge is 0.483 e. The van der Waals surface area contributed by atoms with Gasteiger partial charge in [0.15, 0.2) is 12.9 Å². The first-order valence-electron chi connectivity index (χ1n) is 8.62. The summed E-state index contributed by atoms with van der Waals surface area (Å²) in [5.41, 5.74) is 1.85. The second kappa shape index (κ2) is 10.1. The fraction of sp³-hybridized carbons (Fsp3) is 0.286. The van der Waals surface area contributed by atoms with Crippen LogP contribution in [0.2, 0.25) is 0 Å². The Bertz CT molecular complexity index is 827. The quantitative estimate of drug-likeness (QED) is 0.638. The number of hydrogen-bond acceptors (Lipinski definition) is 5. The van der Waals surface area contributed by atoms with E-state index in [4.69, 9.17) is 10.00 Å². The van der Waals surface area contributed by atoms with Gasteiger partial charge in [-0.1, -0.05) is 24.3 Å². The van der Waals surface area contributed by atoms with Crippen molar-refractivity contribution in [3.63, 3.8) is 0 Å². The Morgan fingerprint density at radius 1 is 1.15 bits per heavy atom. The molecule has 2 aromatic rings. The molecule has 0 aromatic heterocycles. The first-order chi connectivity index (χ1) is 13.0. The monoisotopic (exact) mass is 365 g/mol. The van der Waals surface area contributed by atoms with Crippen molar-refractivity contribution in [3.8, 4) is 11.8 Å². The van der Waals surface area contributed by atoms with E-state index in [-0.39, 0.29) is 12.5 Å². The molecule has 0 aliphatic carbocycles. The van der Waals surface area contributed by atoms with Crippen LogP contribution in [0, 0.1) is 11.3 Å². The van der Waals surface area contributed by atoms with Crippen molar-refractivity contribution in [1.29, 1.82) is 5.26 Å². The number of carbonyl (C=O) groups is 2. The average Bonchev–Trinajstić information content (AvgIpc) is 2.69. The maximum absolute atomic E-state index is 12.7. The highest BCUT2D eigenvalue weighted by Gasteiger charge is 2.16. The van der Waals surface area contributed by atoms with Crippen LogP contribution in [0.4, 0.5) is 0 Å². The Morgan fingerprint density at radius 3 is 2.63 bits per heavy atom. The van der Waals surface area contributed by atoms with E-state index in [0.717, 1.165) is 5.56 Å². The number of benzene rings is 2. The first kappa shape index (κ1) is 20.1. The fourth-order valence-corrected chi connectivity index (χ4v) is 2.51. The van der Waals surface area contributed by atoms with E-state index in [9.17, 15) is 9.59 Å². The number of nitrogens with zero attached hydrogens (tertiary/aromatic N) is 3. The van der Waals surface area contributed by atoms with Crippen LogP contribution in [0.5, 0.6) is 5.75 Å². The average molecular weight is 365 g/mol. The minimum Gasteiger partial charge on any atom is -0.483 e. The molecule has 6 nitrogen and oxygen atoms in total. The van der Waals surface area contributed by atoms with Gasteiger partial charge in [0, 0.05) is 19.6 Å². The molecule has 0 atom stereocenters. The van der Waals surface area contributed by atoms with Gasteiger partial charge in [-0.15, -0.1) is 0 Å². The molecule has 140 valence electrons. The smallest absolute Gasteiger partial charge is 0.260 e. The van der Waals surface area contributed by atoms with Gasteiger partial charge in [0.1, 0.15) is 5.75 Å². The summed E-state index contributed by atoms with van der Waals surface area (Å²) in [7, 11) is 3.88. The van der Waals surface area contributed by atoms with Gasteiger partial charge in [0.05, 0.1) is 17.2 Å². The predicted octanol–water partition coefficient (Wildman–Crippen LogP) is 2.34. The lowest BCUT2D eigenvalue weighted by Gasteiger charge is -2.25. The van der Waals surface area contributed by atoms with Crippen LogP contribution in [0.15, 0.2) is 48.5 Å². The number of likely N-dealkylation sites (N-methyl/N-ethyl adjacent to an activating group) is 1. The number of rotatable bonds is 9. The second-order valence-corrected chi connectivity index (χ2v) is 6.38. The van der Waals surface area contributed by atoms with Crippen molar-refractivity contribution in [1.82, 2.24) is 9.80 Å². The Morgan fingerprint density at radius 2 is 1.93 bits per heavy atom. The summed E-state index contributed by atoms with van der Waals surface area (Å²) < 4.78 is 5.57. The summed E-state index contributed by atoms with van der Waals surface area (Å²) in [6, 6.07) is 16.1. The van der Waals surface area contributed by atoms with Crippen LogP contribution in [-0.4, -0.2) is 55.8 Å². The molecule has 0 heterocycles. The molecule has 0 radical (unpaired) electrons. The van der Waals surface area contributed by atoms with E-state index in [0.29, 0.717) is 42.8 Å². The third kappa shape index (κ3) is 6.24. The summed E-state index contributed by atoms with van der Waals surface area (Å²) in [6.07, 6.45) is 0.705. The predicted molar refractivity (Wildman–Crippen MR) is 102 cm³/mol. The van der Waals surface area contributed by atoms with E-state index >= 15 is 0 Å². The number of aldehydes is 1. The van der Waals surface area contributed by atoms with Gasteiger partial charge in [-0.25, -0.2) is 0 Å². The van der Waals surface area contributed by atoms with Crippen molar-refractivity contribution < 1.29 is 14.3 Å². The third-order valence-electron chi connectivity index (χ3n) is 4.00. The van der Waals surface area contributed by atoms with Gasteiger partial charge in [0.25, 0.3) is 5.91 Å². The maximum atomic E-state index is 12.7. The van der Waals surface area contributed by atoms with E-state index in [1.54, 1.807) is 47.4 Å². The van der Waals surface area contributed by atoms with Gasteiger partial charge in [-0.2, -0.15) is 5.26 Å². The summed E-state index contributed by atoms with van der Waals surface area (Å²) >= 11 is 0. The molecule has 6 heteroatoms. The number of para-hydroxylation sites is 1. The maximum Gasteiger partial charge on any atom is 0.260 e. The molecule has 0 fully saturated rings. The summed E-state index contributed by atoms with van der Waals surface area (Å²) in [6.45, 7) is 1.47. The first-order valence-corrected chi connectivity index (χ1v) is 8.62. The number of carbonyl (C=O) groups excluding carboxylic acids is 2. The van der Waals surface area contributed by atoms with E-state index in [1.165, 1.54) is 0 Å². The number of amides is 1. The molecule has 1 amide bonds. The van der Waals surface area contributed by atoms with Crippen LogP contribution < -0.4 is 4.74 Å². The second-order valence-electron chi connectivity index (χ2n) is 6.38. The lowest BCUT2D eigenvalue weighted by molar-refractivity contribution is -0.134. The zero-order valence-electron chi connectivity index (χ0n) is 15.6. The fourth-order valence-electron chi connectivity index (χ4n) is 2.51. The lowest BCUT2D eigenvalue weighted by atomic mass is 10.1. The number of hydrogen-bond donors (Lipinski definition) is 0. The zero-order valence-corrected chi connectivity index (χ0v) is 15.6. The highest BCUT2D eigenvalue weighted by molar-refractivity contribution is 5.80. The number of nitriles is 1. The Kier molecular flexibility index (Phi) is 7.53. The van der Waals surface area contributed by atoms with Crippen LogP contribution in [0.1, 0.15) is 21.5 Å². The van der Waals surface area contributed by atoms with Crippen LogP contribution in [-0.2, 0) is 11.3 Å². The summed E-state index contributed by atoms with van der Waals surface area (Å²) in [5, 5.41) is 9.06. The molecule has 0 unspecified atom stereocenters. The number of ether oxygens (including phenoxy) is 1. The minimum absolute atomic E-state index is 0.157. The Hall–Kier alpha value is -3.17. The van der Waals surface area contributed by atoms with Crippen LogP contribution >= 0.6 is 0 Å². The standard InChI is InChI=1S/C21H23N3O3/c1-23(2)10-11-24(14-18-7-5-6-17(12-18)13-22)21(26)16-27-20-9-4-3-8-19(20)15-25/h3-9,12,15H,10-11,14,16H2,1-2H3. The van der Waals surface area contributed by atoms with Gasteiger partial charge < -0.3 is 14.5 Å². The highest BCUT2D eigenvalue weighted by atomic mass is 16.5. The van der Waals surface area contributed by atoms with Gasteiger partial charge in [0.2, 0.25) is 0 Å². The van der Waals surface area contributed by atoms with Gasteiger partial charge in [-0.3, -0.25) is 9.59 Å². The molecule has 2 rings (SSSR count). The van der Waals surface area contributed by atoms with E-state index in [1.807, 2.05) is 25.1 Å².